The summed E-state index contributed by atoms with van der Waals surface area (Å²) in [6.45, 7) is 2.25. The second-order valence-corrected chi connectivity index (χ2v) is 12.0. The maximum atomic E-state index is 5.29. The van der Waals surface area contributed by atoms with Crippen molar-refractivity contribution in [1.29, 1.82) is 0 Å². The number of dihydropyridines is 1. The van der Waals surface area contributed by atoms with E-state index in [-0.39, 0.29) is 11.5 Å². The second kappa shape index (κ2) is 9.08. The first kappa shape index (κ1) is 24.3. The first-order valence-electron chi connectivity index (χ1n) is 15.0. The topological polar surface area (TPSA) is 25.2 Å². The molecule has 9 rings (SSSR count). The lowest BCUT2D eigenvalue weighted by Crippen LogP contribution is -2.26. The highest BCUT2D eigenvalue weighted by atomic mass is 14.9. The molecule has 43 heavy (non-hydrogen) atoms. The fourth-order valence-electron chi connectivity index (χ4n) is 7.36. The number of hydrogen-bond acceptors (Lipinski definition) is 2. The van der Waals surface area contributed by atoms with Crippen molar-refractivity contribution in [3.05, 3.63) is 145 Å². The molecule has 1 aliphatic carbocycles. The number of rotatable bonds is 2. The van der Waals surface area contributed by atoms with Crippen LogP contribution in [0.3, 0.4) is 0 Å². The van der Waals surface area contributed by atoms with Crippen LogP contribution in [0.4, 0.5) is 0 Å². The monoisotopic (exact) mass is 548 g/mol. The minimum atomic E-state index is -0.196. The first-order chi connectivity index (χ1) is 21.2. The van der Waals surface area contributed by atoms with Gasteiger partial charge in [-0.3, -0.25) is 4.99 Å². The summed E-state index contributed by atoms with van der Waals surface area (Å²) in [7, 11) is 0. The van der Waals surface area contributed by atoms with E-state index in [0.717, 1.165) is 11.2 Å². The van der Waals surface area contributed by atoms with Crippen LogP contribution in [0.5, 0.6) is 0 Å². The average Bonchev–Trinajstić information content (AvgIpc) is 3.06. The number of para-hydroxylation sites is 1. The van der Waals surface area contributed by atoms with Gasteiger partial charge in [-0.25, -0.2) is 4.98 Å². The standard InChI is InChI=1S/C41H28N2/c1-41-22-10-24-42-40(41)39-34(21-23-41)38(33-17-8-9-18-35(33)43-39)37-31-15-6-4-13-29(31)36(30-14-5-7-16-32(30)37)28-20-19-26-11-2-3-12-27(26)25-28/h2-25,40H,1H3. The predicted octanol–water partition coefficient (Wildman–Crippen LogP) is 10.7. The molecule has 0 saturated carbocycles. The van der Waals surface area contributed by atoms with E-state index in [1.807, 2.05) is 6.21 Å². The number of fused-ring (bicyclic) bond motifs is 7. The number of nitrogens with zero attached hydrogens (tertiary/aromatic N) is 2. The van der Waals surface area contributed by atoms with Crippen molar-refractivity contribution in [1.82, 2.24) is 4.98 Å². The van der Waals surface area contributed by atoms with E-state index in [2.05, 4.69) is 146 Å². The SMILES string of the molecule is CC12C=CC=NC1c1nc3ccccc3c(-c3c4ccccc4c(-c4ccc5ccccc5c4)c4ccccc34)c1C=C2. The van der Waals surface area contributed by atoms with Gasteiger partial charge in [-0.1, -0.05) is 128 Å². The van der Waals surface area contributed by atoms with Gasteiger partial charge < -0.3 is 0 Å². The Morgan fingerprint density at radius 2 is 1.21 bits per heavy atom. The summed E-state index contributed by atoms with van der Waals surface area (Å²) < 4.78 is 0. The van der Waals surface area contributed by atoms with Gasteiger partial charge in [0.1, 0.15) is 6.04 Å². The second-order valence-electron chi connectivity index (χ2n) is 12.0. The average molecular weight is 549 g/mol. The van der Waals surface area contributed by atoms with Crippen molar-refractivity contribution in [2.24, 2.45) is 10.4 Å². The third kappa shape index (κ3) is 3.53. The molecule has 1 aromatic heterocycles. The Kier molecular flexibility index (Phi) is 5.13. The van der Waals surface area contributed by atoms with Gasteiger partial charge in [0.25, 0.3) is 0 Å². The molecular weight excluding hydrogens is 520 g/mol. The maximum Gasteiger partial charge on any atom is 0.105 e. The van der Waals surface area contributed by atoms with Crippen molar-refractivity contribution in [3.63, 3.8) is 0 Å². The van der Waals surface area contributed by atoms with E-state index >= 15 is 0 Å². The molecule has 1 aliphatic heterocycles. The number of pyridine rings is 1. The van der Waals surface area contributed by atoms with Gasteiger partial charge in [0, 0.05) is 28.1 Å². The van der Waals surface area contributed by atoms with Crippen LogP contribution in [-0.2, 0) is 0 Å². The Bertz CT molecular complexity index is 2320. The van der Waals surface area contributed by atoms with Crippen LogP contribution >= 0.6 is 0 Å². The van der Waals surface area contributed by atoms with Crippen LogP contribution in [0, 0.1) is 5.41 Å². The van der Waals surface area contributed by atoms with E-state index in [0.29, 0.717) is 0 Å². The van der Waals surface area contributed by atoms with Gasteiger partial charge in [0.2, 0.25) is 0 Å². The van der Waals surface area contributed by atoms with Gasteiger partial charge in [0.15, 0.2) is 0 Å². The number of allylic oxidation sites excluding steroid dienone is 1. The van der Waals surface area contributed by atoms with Crippen LogP contribution in [0.1, 0.15) is 24.2 Å². The zero-order valence-corrected chi connectivity index (χ0v) is 23.8. The Balaban J connectivity index is 1.44. The fourth-order valence-corrected chi connectivity index (χ4v) is 7.36. The number of aliphatic imine (C=N–C) groups is 1. The summed E-state index contributed by atoms with van der Waals surface area (Å²) in [5.74, 6) is 0. The molecule has 2 aliphatic rings. The molecule has 0 amide bonds. The highest BCUT2D eigenvalue weighted by molar-refractivity contribution is 6.24. The quantitative estimate of drug-likeness (QED) is 0.197. The number of benzene rings is 6. The van der Waals surface area contributed by atoms with Gasteiger partial charge in [0.05, 0.1) is 11.2 Å². The summed E-state index contributed by atoms with van der Waals surface area (Å²) in [5, 5.41) is 8.67. The normalized spacial score (nSPS) is 18.9. The van der Waals surface area contributed by atoms with Gasteiger partial charge >= 0.3 is 0 Å². The minimum Gasteiger partial charge on any atom is -0.282 e. The molecular formula is C41H28N2. The Morgan fingerprint density at radius 1 is 0.581 bits per heavy atom. The van der Waals surface area contributed by atoms with Crippen LogP contribution in [0.25, 0.3) is 71.6 Å². The highest BCUT2D eigenvalue weighted by Crippen LogP contribution is 2.52. The summed E-state index contributed by atoms with van der Waals surface area (Å²) >= 11 is 0. The smallest absolute Gasteiger partial charge is 0.105 e. The van der Waals surface area contributed by atoms with Gasteiger partial charge in [-0.15, -0.1) is 0 Å². The molecule has 2 unspecified atom stereocenters. The molecule has 0 bridgehead atoms. The van der Waals surface area contributed by atoms with Crippen LogP contribution in [0.15, 0.2) is 138 Å². The predicted molar refractivity (Wildman–Crippen MR) is 183 cm³/mol. The van der Waals surface area contributed by atoms with Crippen LogP contribution < -0.4 is 0 Å². The van der Waals surface area contributed by atoms with E-state index < -0.39 is 0 Å². The van der Waals surface area contributed by atoms with Crippen LogP contribution in [0.2, 0.25) is 0 Å². The van der Waals surface area contributed by atoms with Crippen molar-refractivity contribution in [2.75, 3.05) is 0 Å². The van der Waals surface area contributed by atoms with Crippen molar-refractivity contribution in [2.45, 2.75) is 13.0 Å². The fraction of sp³-hybridized carbons (Fsp3) is 0.0732. The lowest BCUT2D eigenvalue weighted by atomic mass is 9.72. The minimum absolute atomic E-state index is 0.0599. The third-order valence-corrected chi connectivity index (χ3v) is 9.41. The molecule has 0 spiro atoms. The molecule has 2 atom stereocenters. The lowest BCUT2D eigenvalue weighted by Gasteiger charge is -2.36. The van der Waals surface area contributed by atoms with Crippen molar-refractivity contribution in [3.8, 4) is 22.3 Å². The molecule has 0 radical (unpaired) electrons. The summed E-state index contributed by atoms with van der Waals surface area (Å²) in [6, 6.07) is 41.8. The maximum absolute atomic E-state index is 5.29. The van der Waals surface area contributed by atoms with Gasteiger partial charge in [-0.2, -0.15) is 0 Å². The molecule has 202 valence electrons. The van der Waals surface area contributed by atoms with Gasteiger partial charge in [-0.05, 0) is 67.2 Å². The molecule has 0 N–H and O–H groups in total. The molecule has 7 aromatic rings. The van der Waals surface area contributed by atoms with E-state index in [1.165, 1.54) is 65.5 Å². The molecule has 0 fully saturated rings. The molecule has 2 heteroatoms. The summed E-state index contributed by atoms with van der Waals surface area (Å²) in [5.41, 5.74) is 8.03. The zero-order chi connectivity index (χ0) is 28.5. The Hall–Kier alpha value is -5.34. The highest BCUT2D eigenvalue weighted by Gasteiger charge is 2.38. The Labute approximate surface area is 250 Å². The molecule has 0 saturated heterocycles. The number of aromatic nitrogens is 1. The van der Waals surface area contributed by atoms with Crippen molar-refractivity contribution >= 4 is 55.5 Å². The van der Waals surface area contributed by atoms with Crippen molar-refractivity contribution < 1.29 is 0 Å². The molecule has 6 aromatic carbocycles. The Morgan fingerprint density at radius 3 is 1.95 bits per heavy atom. The lowest BCUT2D eigenvalue weighted by molar-refractivity contribution is 0.423. The summed E-state index contributed by atoms with van der Waals surface area (Å²) in [6.07, 6.45) is 10.9. The number of hydrogen-bond donors (Lipinski definition) is 0. The first-order valence-corrected chi connectivity index (χ1v) is 15.0. The van der Waals surface area contributed by atoms with E-state index in [1.54, 1.807) is 0 Å². The van der Waals surface area contributed by atoms with E-state index in [9.17, 15) is 0 Å². The van der Waals surface area contributed by atoms with E-state index in [4.69, 9.17) is 9.98 Å². The summed E-state index contributed by atoms with van der Waals surface area (Å²) in [4.78, 5) is 10.3. The molecule has 2 heterocycles. The molecule has 2 nitrogen and oxygen atoms in total. The van der Waals surface area contributed by atoms with Crippen LogP contribution in [-0.4, -0.2) is 11.2 Å². The largest absolute Gasteiger partial charge is 0.282 e. The zero-order valence-electron chi connectivity index (χ0n) is 23.8. The third-order valence-electron chi connectivity index (χ3n) is 9.41.